The molecule has 9 nitrogen and oxygen atoms in total. The number of carboxylic acids is 1. The van der Waals surface area contributed by atoms with Crippen LogP contribution in [0.25, 0.3) is 11.1 Å². The molecule has 9 heteroatoms. The number of amides is 1. The van der Waals surface area contributed by atoms with Crippen molar-refractivity contribution in [2.45, 2.75) is 31.8 Å². The molecule has 4 aromatic rings. The lowest BCUT2D eigenvalue weighted by atomic mass is 9.81. The lowest BCUT2D eigenvalue weighted by Gasteiger charge is -2.32. The SMILES string of the molecule is Cc1noc(C)c1-c1ccc2c(c1)C(NC(Cc1cnc[nH]1)C(=O)O)(c1ccccc1)C(=O)N2. The fraction of sp³-hybridized carbons (Fsp3) is 0.200. The van der Waals surface area contributed by atoms with Crippen molar-refractivity contribution in [2.24, 2.45) is 0 Å². The second-order valence-corrected chi connectivity index (χ2v) is 8.35. The number of rotatable bonds is 7. The Morgan fingerprint density at radius 2 is 2.00 bits per heavy atom. The van der Waals surface area contributed by atoms with E-state index in [0.717, 1.165) is 16.8 Å². The lowest BCUT2D eigenvalue weighted by molar-refractivity contribution is -0.140. The summed E-state index contributed by atoms with van der Waals surface area (Å²) >= 11 is 0. The normalized spacial score (nSPS) is 17.9. The van der Waals surface area contributed by atoms with Gasteiger partial charge < -0.3 is 19.9 Å². The third-order valence-electron chi connectivity index (χ3n) is 6.21. The first-order chi connectivity index (χ1) is 16.4. The molecule has 0 saturated heterocycles. The molecule has 1 aliphatic rings. The van der Waals surface area contributed by atoms with Gasteiger partial charge in [-0.1, -0.05) is 41.6 Å². The molecule has 0 saturated carbocycles. The van der Waals surface area contributed by atoms with E-state index in [2.05, 4.69) is 25.8 Å². The molecule has 2 atom stereocenters. The number of aliphatic carboxylic acids is 1. The maximum absolute atomic E-state index is 13.6. The van der Waals surface area contributed by atoms with Gasteiger partial charge in [0.2, 0.25) is 0 Å². The van der Waals surface area contributed by atoms with Crippen molar-refractivity contribution < 1.29 is 19.2 Å². The Hall–Kier alpha value is -4.24. The van der Waals surface area contributed by atoms with Crippen LogP contribution in [-0.2, 0) is 21.5 Å². The Morgan fingerprint density at radius 1 is 1.21 bits per heavy atom. The molecule has 34 heavy (non-hydrogen) atoms. The molecule has 2 aromatic carbocycles. The average molecular weight is 457 g/mol. The zero-order chi connectivity index (χ0) is 23.9. The van der Waals surface area contributed by atoms with Crippen molar-refractivity contribution in [2.75, 3.05) is 5.32 Å². The number of aryl methyl sites for hydroxylation is 2. The summed E-state index contributed by atoms with van der Waals surface area (Å²) in [6.45, 7) is 3.69. The van der Waals surface area contributed by atoms with E-state index in [9.17, 15) is 14.7 Å². The monoisotopic (exact) mass is 457 g/mol. The van der Waals surface area contributed by atoms with Crippen molar-refractivity contribution in [3.63, 3.8) is 0 Å². The third kappa shape index (κ3) is 3.46. The summed E-state index contributed by atoms with van der Waals surface area (Å²) in [5.41, 5.74) is 3.51. The molecule has 1 aliphatic heterocycles. The molecule has 0 aliphatic carbocycles. The summed E-state index contributed by atoms with van der Waals surface area (Å²) < 4.78 is 5.35. The maximum Gasteiger partial charge on any atom is 0.321 e. The number of H-pyrrole nitrogens is 1. The molecule has 0 bridgehead atoms. The number of aromatic amines is 1. The molecule has 4 N–H and O–H groups in total. The Balaban J connectivity index is 1.68. The summed E-state index contributed by atoms with van der Waals surface area (Å²) in [5.74, 6) is -0.760. The van der Waals surface area contributed by atoms with E-state index in [0.29, 0.717) is 28.3 Å². The summed E-state index contributed by atoms with van der Waals surface area (Å²) in [5, 5.41) is 20.2. The summed E-state index contributed by atoms with van der Waals surface area (Å²) in [6, 6.07) is 13.7. The minimum absolute atomic E-state index is 0.121. The number of anilines is 1. The molecule has 2 unspecified atom stereocenters. The summed E-state index contributed by atoms with van der Waals surface area (Å²) in [6.07, 6.45) is 3.19. The first-order valence-corrected chi connectivity index (χ1v) is 10.8. The average Bonchev–Trinajstić information content (AvgIpc) is 3.53. The number of carboxylic acid groups (broad SMARTS) is 1. The molecule has 1 amide bonds. The van der Waals surface area contributed by atoms with Crippen molar-refractivity contribution >= 4 is 17.6 Å². The highest BCUT2D eigenvalue weighted by Crippen LogP contribution is 2.44. The van der Waals surface area contributed by atoms with E-state index < -0.39 is 17.6 Å². The number of nitrogens with zero attached hydrogens (tertiary/aromatic N) is 2. The number of aromatic nitrogens is 3. The largest absolute Gasteiger partial charge is 0.480 e. The van der Waals surface area contributed by atoms with Gasteiger partial charge in [-0.25, -0.2) is 4.98 Å². The van der Waals surface area contributed by atoms with Crippen molar-refractivity contribution in [3.05, 3.63) is 89.3 Å². The number of carbonyl (C=O) groups excluding carboxylic acids is 1. The molecule has 2 aromatic heterocycles. The predicted molar refractivity (Wildman–Crippen MR) is 124 cm³/mol. The molecule has 172 valence electrons. The van der Waals surface area contributed by atoms with Crippen LogP contribution < -0.4 is 10.6 Å². The van der Waals surface area contributed by atoms with E-state index in [4.69, 9.17) is 4.52 Å². The third-order valence-corrected chi connectivity index (χ3v) is 6.21. The van der Waals surface area contributed by atoms with Gasteiger partial charge in [0.15, 0.2) is 5.54 Å². The fourth-order valence-electron chi connectivity index (χ4n) is 4.63. The minimum Gasteiger partial charge on any atom is -0.480 e. The number of fused-ring (bicyclic) bond motifs is 1. The van der Waals surface area contributed by atoms with Crippen LogP contribution in [0, 0.1) is 13.8 Å². The lowest BCUT2D eigenvalue weighted by Crippen LogP contribution is -2.56. The van der Waals surface area contributed by atoms with Gasteiger partial charge >= 0.3 is 5.97 Å². The van der Waals surface area contributed by atoms with E-state index in [1.54, 1.807) is 6.20 Å². The van der Waals surface area contributed by atoms with Crippen molar-refractivity contribution in [1.29, 1.82) is 0 Å². The van der Waals surface area contributed by atoms with Gasteiger partial charge in [0, 0.05) is 35.1 Å². The quantitative estimate of drug-likeness (QED) is 0.335. The number of carbonyl (C=O) groups is 2. The Bertz CT molecular complexity index is 1340. The van der Waals surface area contributed by atoms with Crippen LogP contribution in [0.4, 0.5) is 5.69 Å². The highest BCUT2D eigenvalue weighted by Gasteiger charge is 2.50. The topological polar surface area (TPSA) is 133 Å². The summed E-state index contributed by atoms with van der Waals surface area (Å²) in [4.78, 5) is 32.8. The smallest absolute Gasteiger partial charge is 0.321 e. The minimum atomic E-state index is -1.42. The van der Waals surface area contributed by atoms with Gasteiger partial charge in [-0.15, -0.1) is 0 Å². The van der Waals surface area contributed by atoms with Gasteiger partial charge in [0.05, 0.1) is 12.0 Å². The number of benzene rings is 2. The van der Waals surface area contributed by atoms with Gasteiger partial charge in [-0.3, -0.25) is 14.9 Å². The van der Waals surface area contributed by atoms with E-state index in [1.165, 1.54) is 6.33 Å². The molecule has 0 spiro atoms. The number of nitrogens with one attached hydrogen (secondary N) is 3. The highest BCUT2D eigenvalue weighted by atomic mass is 16.5. The zero-order valence-electron chi connectivity index (χ0n) is 18.6. The van der Waals surface area contributed by atoms with Gasteiger partial charge in [0.1, 0.15) is 11.8 Å². The van der Waals surface area contributed by atoms with E-state index in [1.807, 2.05) is 62.4 Å². The Morgan fingerprint density at radius 3 is 2.65 bits per heavy atom. The fourth-order valence-corrected chi connectivity index (χ4v) is 4.63. The molecule has 5 rings (SSSR count). The first-order valence-electron chi connectivity index (χ1n) is 10.8. The Kier molecular flexibility index (Phi) is 5.25. The first kappa shape index (κ1) is 21.6. The number of hydrogen-bond acceptors (Lipinski definition) is 6. The molecule has 0 fully saturated rings. The van der Waals surface area contributed by atoms with E-state index >= 15 is 0 Å². The van der Waals surface area contributed by atoms with Gasteiger partial charge in [-0.05, 0) is 37.1 Å². The van der Waals surface area contributed by atoms with Crippen LogP contribution in [0.5, 0.6) is 0 Å². The molecule has 0 radical (unpaired) electrons. The van der Waals surface area contributed by atoms with Crippen molar-refractivity contribution in [1.82, 2.24) is 20.4 Å². The second-order valence-electron chi connectivity index (χ2n) is 8.35. The van der Waals surface area contributed by atoms with Crippen LogP contribution in [0.3, 0.4) is 0 Å². The van der Waals surface area contributed by atoms with Crippen LogP contribution in [0.15, 0.2) is 65.6 Å². The van der Waals surface area contributed by atoms with Crippen LogP contribution in [-0.4, -0.2) is 38.1 Å². The van der Waals surface area contributed by atoms with E-state index in [-0.39, 0.29) is 12.3 Å². The van der Waals surface area contributed by atoms with Crippen LogP contribution in [0.1, 0.15) is 28.3 Å². The number of hydrogen-bond donors (Lipinski definition) is 4. The maximum atomic E-state index is 13.6. The number of imidazole rings is 1. The second kappa shape index (κ2) is 8.27. The van der Waals surface area contributed by atoms with Gasteiger partial charge in [-0.2, -0.15) is 0 Å². The van der Waals surface area contributed by atoms with Crippen molar-refractivity contribution in [3.8, 4) is 11.1 Å². The molecular weight excluding hydrogens is 434 g/mol. The van der Waals surface area contributed by atoms with Gasteiger partial charge in [0.25, 0.3) is 5.91 Å². The summed E-state index contributed by atoms with van der Waals surface area (Å²) in [7, 11) is 0. The standard InChI is InChI=1S/C25H23N5O4/c1-14-22(15(2)34-30-14)16-8-9-20-19(10-16)25(24(33)28-20,17-6-4-3-5-7-17)29-21(23(31)32)11-18-12-26-13-27-18/h3-10,12-13,21,29H,11H2,1-2H3,(H,26,27)(H,28,33)(H,31,32). The van der Waals surface area contributed by atoms with Crippen LogP contribution >= 0.6 is 0 Å². The zero-order valence-corrected chi connectivity index (χ0v) is 18.6. The molecule has 3 heterocycles. The Labute approximate surface area is 195 Å². The highest BCUT2D eigenvalue weighted by molar-refractivity contribution is 6.09. The predicted octanol–water partition coefficient (Wildman–Crippen LogP) is 3.16. The molecular formula is C25H23N5O4. The van der Waals surface area contributed by atoms with Crippen LogP contribution in [0.2, 0.25) is 0 Å².